The topological polar surface area (TPSA) is 421 Å². The zero-order chi connectivity index (χ0) is 86.6. The predicted octanol–water partition coefficient (Wildman–Crippen LogP) is 12.8. The number of pyridine rings is 5. The Morgan fingerprint density at radius 2 is 0.643 bits per heavy atom. The normalized spacial score (nSPS) is 9.89. The number of primary amides is 1. The van der Waals surface area contributed by atoms with Crippen molar-refractivity contribution in [3.05, 3.63) is 331 Å². The van der Waals surface area contributed by atoms with Gasteiger partial charge in [0.05, 0.1) is 30.4 Å². The largest absolute Gasteiger partial charge is 0.477 e. The van der Waals surface area contributed by atoms with E-state index in [1.54, 1.807) is 40.7 Å². The van der Waals surface area contributed by atoms with E-state index in [4.69, 9.17) is 65.2 Å². The third-order valence-electron chi connectivity index (χ3n) is 14.3. The van der Waals surface area contributed by atoms with Crippen LogP contribution in [0, 0.1) is 74.0 Å². The van der Waals surface area contributed by atoms with E-state index >= 15 is 0 Å². The highest BCUT2D eigenvalue weighted by molar-refractivity contribution is 9.11. The maximum absolute atomic E-state index is 13.1. The molecule has 7 N–H and O–H groups in total. The fraction of sp³-hybridized carbons (Fsp3) is 0.132. The van der Waals surface area contributed by atoms with E-state index in [-0.39, 0.29) is 107 Å². The third-order valence-corrected chi connectivity index (χ3v) is 16.1. The van der Waals surface area contributed by atoms with Crippen LogP contribution < -0.4 is 33.5 Å². The molecular formula is C76H59BBr3F5N10O20. The van der Waals surface area contributed by atoms with Crippen molar-refractivity contribution in [3.8, 4) is 34.5 Å². The Balaban J connectivity index is 0.000000296. The SMILES string of the molecule is CB(O)O.CC#N.CCOC(=O)c1cc(Br)c(C(=O)O)n(-c2ccc(F)cc2)c1=O.CCOC(=O)c1cc(Br)c(C(N)=O)n(-c2ccc(F)cc2)c1=O.[C-]#[N+]c1c(Br)cc(C(=O)OCC)c(=O)n1-c1ccc(F)cc1.[C-]#[N+]c1c(C)cc(C(=O)O)c(=O)n1-c1ccc(F)cc1.[C-]#[N+]c1c(C)cc(C(=O)O)c(=O)n1-c1ccc(F)cc1. The summed E-state index contributed by atoms with van der Waals surface area (Å²) in [4.78, 5) is 153. The van der Waals surface area contributed by atoms with Crippen molar-refractivity contribution in [2.45, 2.75) is 48.4 Å². The number of carboxylic acids is 3. The predicted molar refractivity (Wildman–Crippen MR) is 416 cm³/mol. The van der Waals surface area contributed by atoms with E-state index in [1.165, 1.54) is 98.7 Å². The van der Waals surface area contributed by atoms with Gasteiger partial charge in [-0.3, -0.25) is 23.5 Å². The van der Waals surface area contributed by atoms with Gasteiger partial charge in [-0.15, -0.1) is 0 Å². The summed E-state index contributed by atoms with van der Waals surface area (Å²) in [7, 11) is -1.17. The van der Waals surface area contributed by atoms with Crippen LogP contribution in [0.25, 0.3) is 43.0 Å². The molecular weight excluding hydrogens is 1720 g/mol. The number of carbonyl (C=O) groups excluding carboxylic acids is 4. The van der Waals surface area contributed by atoms with Crippen molar-refractivity contribution in [1.29, 1.82) is 5.26 Å². The second-order valence-electron chi connectivity index (χ2n) is 22.1. The second-order valence-corrected chi connectivity index (χ2v) is 24.6. The van der Waals surface area contributed by atoms with Crippen LogP contribution in [0.15, 0.2) is 189 Å². The number of nitriles is 1. The molecule has 0 aliphatic rings. The van der Waals surface area contributed by atoms with Crippen molar-refractivity contribution in [2.75, 3.05) is 19.8 Å². The lowest BCUT2D eigenvalue weighted by Crippen LogP contribution is -2.32. The average molecular weight is 1780 g/mol. The minimum Gasteiger partial charge on any atom is -0.477 e. The van der Waals surface area contributed by atoms with E-state index in [9.17, 15) is 84.6 Å². The van der Waals surface area contributed by atoms with E-state index in [2.05, 4.69) is 62.3 Å². The molecule has 39 heteroatoms. The molecule has 0 aliphatic heterocycles. The number of hydrogen-bond acceptors (Lipinski definition) is 18. The zero-order valence-electron chi connectivity index (χ0n) is 60.6. The molecule has 5 aromatic heterocycles. The number of aromatic carboxylic acids is 3. The Bertz CT molecular complexity index is 5580. The Morgan fingerprint density at radius 3 is 0.878 bits per heavy atom. The van der Waals surface area contributed by atoms with Crippen molar-refractivity contribution in [2.24, 2.45) is 5.73 Å². The molecule has 1 amide bonds. The Hall–Kier alpha value is -13.8. The van der Waals surface area contributed by atoms with Gasteiger partial charge >= 0.3 is 59.6 Å². The summed E-state index contributed by atoms with van der Waals surface area (Å²) in [6.45, 7) is 32.4. The van der Waals surface area contributed by atoms with Crippen LogP contribution in [-0.2, 0) is 14.2 Å². The van der Waals surface area contributed by atoms with E-state index in [0.717, 1.165) is 89.6 Å². The van der Waals surface area contributed by atoms with Crippen LogP contribution in [0.2, 0.25) is 6.82 Å². The van der Waals surface area contributed by atoms with E-state index in [0.29, 0.717) is 11.1 Å². The van der Waals surface area contributed by atoms with Crippen LogP contribution in [0.1, 0.15) is 112 Å². The summed E-state index contributed by atoms with van der Waals surface area (Å²) in [6.07, 6.45) is 0. The lowest BCUT2D eigenvalue weighted by Gasteiger charge is -2.14. The Morgan fingerprint density at radius 1 is 0.426 bits per heavy atom. The number of carboxylic acid groups (broad SMARTS) is 3. The summed E-state index contributed by atoms with van der Waals surface area (Å²) in [5.74, 6) is -9.98. The van der Waals surface area contributed by atoms with Crippen LogP contribution in [0.5, 0.6) is 0 Å². The van der Waals surface area contributed by atoms with Crippen LogP contribution in [0.3, 0.4) is 0 Å². The lowest BCUT2D eigenvalue weighted by molar-refractivity contribution is 0.0513. The summed E-state index contributed by atoms with van der Waals surface area (Å²) in [6, 6.07) is 32.0. The molecule has 5 heterocycles. The van der Waals surface area contributed by atoms with Gasteiger partial charge in [0.25, 0.3) is 22.8 Å². The van der Waals surface area contributed by atoms with Gasteiger partial charge in [-0.05, 0) is 236 Å². The molecule has 5 aromatic carbocycles. The molecule has 10 rings (SSSR count). The highest BCUT2D eigenvalue weighted by Gasteiger charge is 2.28. The molecule has 0 saturated carbocycles. The number of carbonyl (C=O) groups is 7. The maximum atomic E-state index is 13.1. The van der Waals surface area contributed by atoms with Gasteiger partial charge in [0.15, 0.2) is 0 Å². The quantitative estimate of drug-likeness (QED) is 0.0182. The number of halogens is 8. The number of esters is 3. The summed E-state index contributed by atoms with van der Waals surface area (Å²) < 4.78 is 84.7. The van der Waals surface area contributed by atoms with Crippen LogP contribution >= 0.6 is 47.8 Å². The van der Waals surface area contributed by atoms with Crippen molar-refractivity contribution >= 4 is 114 Å². The first-order valence-corrected chi connectivity index (χ1v) is 34.7. The monoisotopic (exact) mass is 1770 g/mol. The summed E-state index contributed by atoms with van der Waals surface area (Å²) >= 11 is 9.33. The molecule has 115 heavy (non-hydrogen) atoms. The Labute approximate surface area is 672 Å². The van der Waals surface area contributed by atoms with Crippen molar-refractivity contribution in [3.63, 3.8) is 0 Å². The lowest BCUT2D eigenvalue weighted by atomic mass is 9.99. The van der Waals surface area contributed by atoms with E-state index < -0.39 is 117 Å². The number of ether oxygens (including phenoxy) is 3. The number of rotatable bonds is 15. The number of nitrogens with two attached hydrogens (primary N) is 1. The first-order chi connectivity index (χ1) is 54.3. The molecule has 0 fully saturated rings. The van der Waals surface area contributed by atoms with Crippen LogP contribution in [-0.4, -0.2) is 117 Å². The molecule has 0 unspecified atom stereocenters. The first-order valence-electron chi connectivity index (χ1n) is 32.3. The molecule has 0 atom stereocenters. The van der Waals surface area contributed by atoms with Gasteiger partial charge in [0.1, 0.15) is 85.4 Å². The van der Waals surface area contributed by atoms with Gasteiger partial charge in [0.2, 0.25) is 11.6 Å². The minimum absolute atomic E-state index is 0.00612. The van der Waals surface area contributed by atoms with Crippen LogP contribution in [0.4, 0.5) is 39.4 Å². The van der Waals surface area contributed by atoms with Gasteiger partial charge in [-0.2, -0.15) is 5.26 Å². The van der Waals surface area contributed by atoms with Crippen molar-refractivity contribution < 1.29 is 95.1 Å². The standard InChI is InChI=1S/C15H12BrFN2O4.C15H10BrFN2O3.C15H11BrFNO5.2C14H9FN2O3.C2H3N.CH5BO2/c1-2-23-15(22)10-7-11(16)12(13(18)20)19(14(10)21)9-5-3-8(17)4-6-9;1-3-22-15(21)11-8-12(16)13(18-2)19(14(11)20)10-6-4-9(17)5-7-10;1-2-23-15(22)10-7-11(16)12(14(20)21)18(13(10)19)9-5-3-8(17)4-6-9;2*1-8-7-11(14(19)20)13(18)17(12(8)16-2)10-5-3-9(15)4-6-10;1-2-3;1-2(3)4/h3-7H,2H2,1H3,(H2,18,20);4-8H,3H2,1H3;3-7H,2H2,1H3,(H,20,21);2*3-7H,1H3,(H,19,20);1H3;3-4H,1H3. The molecule has 592 valence electrons. The smallest absolute Gasteiger partial charge is 0.448 e. The number of amides is 1. The second kappa shape index (κ2) is 43.7. The molecule has 0 bridgehead atoms. The molecule has 0 saturated heterocycles. The van der Waals surface area contributed by atoms with Gasteiger partial charge < -0.3 is 59.8 Å². The summed E-state index contributed by atoms with van der Waals surface area (Å²) in [5.41, 5.74) is 0.933. The number of aromatic nitrogens is 5. The first kappa shape index (κ1) is 93.6. The van der Waals surface area contributed by atoms with Gasteiger partial charge in [0, 0.05) is 27.2 Å². The highest BCUT2D eigenvalue weighted by Crippen LogP contribution is 2.30. The fourth-order valence-electron chi connectivity index (χ4n) is 9.56. The Kier molecular flexibility index (Phi) is 35.5. The number of aryl methyl sites for hydroxylation is 2. The fourth-order valence-corrected chi connectivity index (χ4v) is 11.2. The summed E-state index contributed by atoms with van der Waals surface area (Å²) in [5, 5.41) is 49.9. The third kappa shape index (κ3) is 24.3. The van der Waals surface area contributed by atoms with Gasteiger partial charge in [-0.1, -0.05) is 35.6 Å². The molecule has 30 nitrogen and oxygen atoms in total. The number of nitrogens with zero attached hydrogens (tertiary/aromatic N) is 9. The van der Waals surface area contributed by atoms with Gasteiger partial charge in [-0.25, -0.2) is 78.8 Å². The van der Waals surface area contributed by atoms with Crippen molar-refractivity contribution in [1.82, 2.24) is 22.8 Å². The van der Waals surface area contributed by atoms with E-state index in [1.807, 2.05) is 0 Å². The zero-order valence-corrected chi connectivity index (χ0v) is 65.4. The molecule has 0 radical (unpaired) electrons. The minimum atomic E-state index is -1.38. The number of benzene rings is 5. The maximum Gasteiger partial charge on any atom is 0.448 e. The molecule has 10 aromatic rings. The average Bonchev–Trinajstić information content (AvgIpc) is 0.793. The molecule has 0 spiro atoms. The molecule has 0 aliphatic carbocycles. The number of hydrogen-bond donors (Lipinski definition) is 6. The highest BCUT2D eigenvalue weighted by atomic mass is 79.9.